The number of rotatable bonds is 8. The molecule has 0 unspecified atom stereocenters. The molecule has 0 N–H and O–H groups in total. The second-order valence-corrected chi connectivity index (χ2v) is 12.3. The Morgan fingerprint density at radius 1 is 0.410 bits per heavy atom. The molecule has 0 saturated carbocycles. The van der Waals surface area contributed by atoms with Gasteiger partial charge in [0.2, 0.25) is 0 Å². The van der Waals surface area contributed by atoms with Crippen molar-refractivity contribution in [1.82, 2.24) is 0 Å². The Morgan fingerprint density at radius 3 is 0.744 bits per heavy atom. The Bertz CT molecular complexity index is 887. The maximum absolute atomic E-state index is 8.00. The van der Waals surface area contributed by atoms with Gasteiger partial charge in [0.1, 0.15) is 20.4 Å². The van der Waals surface area contributed by atoms with Crippen LogP contribution in [0.3, 0.4) is 0 Å². The van der Waals surface area contributed by atoms with Gasteiger partial charge in [-0.05, 0) is 49.4 Å². The smallest absolute Gasteiger partial charge is 0.106 e. The molecule has 4 aromatic carbocycles. The minimum atomic E-state index is -0.151. The van der Waals surface area contributed by atoms with E-state index in [4.69, 9.17) is 14.4 Å². The number of hydrogen-bond acceptors (Lipinski definition) is 3. The van der Waals surface area contributed by atoms with Gasteiger partial charge in [-0.1, -0.05) is 148 Å². The van der Waals surface area contributed by atoms with Crippen LogP contribution < -0.4 is 21.2 Å². The number of carbonyl (C=O) groups excluding carboxylic acids is 3. The molecular weight excluding hydrogens is 607 g/mol. The Balaban J connectivity index is 0. The summed E-state index contributed by atoms with van der Waals surface area (Å²) in [5.41, 5.74) is 0. The van der Waals surface area contributed by atoms with E-state index in [1.54, 1.807) is 0 Å². The average molecular weight is 648 g/mol. The van der Waals surface area contributed by atoms with Crippen molar-refractivity contribution in [3.63, 3.8) is 0 Å². The molecule has 39 heavy (non-hydrogen) atoms. The van der Waals surface area contributed by atoms with Gasteiger partial charge in [0, 0.05) is 19.5 Å². The van der Waals surface area contributed by atoms with Crippen LogP contribution in [0.4, 0.5) is 0 Å². The molecular formula is C33H40O3P2Ru. The van der Waals surface area contributed by atoms with Crippen molar-refractivity contribution in [2.24, 2.45) is 0 Å². The van der Waals surface area contributed by atoms with Gasteiger partial charge < -0.3 is 14.4 Å². The fraction of sp³-hybridized carbons (Fsp3) is 0.182. The van der Waals surface area contributed by atoms with Gasteiger partial charge in [-0.2, -0.15) is 0 Å². The minimum absolute atomic E-state index is 0. The molecule has 0 aliphatic heterocycles. The molecule has 6 heteroatoms. The zero-order valence-electron chi connectivity index (χ0n) is 23.0. The van der Waals surface area contributed by atoms with Crippen LogP contribution in [0.5, 0.6) is 0 Å². The van der Waals surface area contributed by atoms with Crippen molar-refractivity contribution >= 4 is 57.4 Å². The topological polar surface area (TPSA) is 51.2 Å². The summed E-state index contributed by atoms with van der Waals surface area (Å²) in [6.45, 7) is 10.5. The van der Waals surface area contributed by atoms with Crippen molar-refractivity contribution in [2.45, 2.75) is 26.7 Å². The molecule has 0 spiro atoms. The molecule has 0 saturated heterocycles. The Morgan fingerprint density at radius 2 is 0.590 bits per heavy atom. The SMILES string of the molecule is C=O.C=O.C=O.CCCP(c1ccccc1)c1ccccc1.CCCP(c1ccccc1)c1ccccc1.[Ru]. The predicted octanol–water partition coefficient (Wildman–Crippen LogP) is 6.50. The molecule has 0 aliphatic rings. The summed E-state index contributed by atoms with van der Waals surface area (Å²) in [6.07, 6.45) is 5.05. The van der Waals surface area contributed by atoms with Crippen LogP contribution >= 0.6 is 15.8 Å². The van der Waals surface area contributed by atoms with Crippen LogP contribution in [-0.2, 0) is 33.9 Å². The molecule has 0 fully saturated rings. The van der Waals surface area contributed by atoms with Crippen molar-refractivity contribution in [2.75, 3.05) is 12.3 Å². The fourth-order valence-corrected chi connectivity index (χ4v) is 8.35. The quantitative estimate of drug-likeness (QED) is 0.162. The van der Waals surface area contributed by atoms with Gasteiger partial charge in [-0.25, -0.2) is 0 Å². The van der Waals surface area contributed by atoms with E-state index in [-0.39, 0.29) is 35.3 Å². The van der Waals surface area contributed by atoms with Crippen LogP contribution in [0, 0.1) is 0 Å². The molecule has 0 radical (unpaired) electrons. The van der Waals surface area contributed by atoms with E-state index in [0.29, 0.717) is 0 Å². The second-order valence-electron chi connectivity index (χ2n) is 7.65. The zero-order chi connectivity index (χ0) is 28.4. The van der Waals surface area contributed by atoms with Crippen LogP contribution in [0.2, 0.25) is 0 Å². The molecule has 0 aromatic heterocycles. The van der Waals surface area contributed by atoms with Gasteiger partial charge in [0.15, 0.2) is 0 Å². The van der Waals surface area contributed by atoms with Crippen molar-refractivity contribution in [1.29, 1.82) is 0 Å². The van der Waals surface area contributed by atoms with Gasteiger partial charge in [0.25, 0.3) is 0 Å². The van der Waals surface area contributed by atoms with Crippen molar-refractivity contribution < 1.29 is 33.9 Å². The molecule has 0 amide bonds. The summed E-state index contributed by atoms with van der Waals surface area (Å²) in [7, 11) is -0.302. The van der Waals surface area contributed by atoms with E-state index in [2.05, 4.69) is 135 Å². The summed E-state index contributed by atoms with van der Waals surface area (Å²) >= 11 is 0. The first-order valence-electron chi connectivity index (χ1n) is 12.4. The van der Waals surface area contributed by atoms with Crippen LogP contribution in [-0.4, -0.2) is 32.7 Å². The fourth-order valence-electron chi connectivity index (χ4n) is 3.69. The molecule has 0 heterocycles. The van der Waals surface area contributed by atoms with E-state index >= 15 is 0 Å². The monoisotopic (exact) mass is 648 g/mol. The molecule has 0 bridgehead atoms. The third kappa shape index (κ3) is 14.9. The molecule has 208 valence electrons. The molecule has 0 aliphatic carbocycles. The predicted molar refractivity (Wildman–Crippen MR) is 170 cm³/mol. The summed E-state index contributed by atoms with van der Waals surface area (Å²) in [4.78, 5) is 24.0. The summed E-state index contributed by atoms with van der Waals surface area (Å²) in [5, 5.41) is 5.97. The zero-order valence-corrected chi connectivity index (χ0v) is 26.5. The Hall–Kier alpha value is -2.63. The molecule has 4 aromatic rings. The van der Waals surface area contributed by atoms with E-state index in [0.717, 1.165) is 0 Å². The minimum Gasteiger partial charge on any atom is -0.307 e. The van der Waals surface area contributed by atoms with Crippen LogP contribution in [0.15, 0.2) is 121 Å². The first-order valence-corrected chi connectivity index (χ1v) is 15.5. The summed E-state index contributed by atoms with van der Waals surface area (Å²) in [6, 6.07) is 43.6. The van der Waals surface area contributed by atoms with Crippen LogP contribution in [0.25, 0.3) is 0 Å². The van der Waals surface area contributed by atoms with Crippen molar-refractivity contribution in [3.05, 3.63) is 121 Å². The van der Waals surface area contributed by atoms with E-state index < -0.39 is 0 Å². The number of hydrogen-bond donors (Lipinski definition) is 0. The standard InChI is InChI=1S/2C15H17P.3CH2O.Ru/c2*1-2-13-16(14-9-5-3-6-10-14)15-11-7-4-8-12-15;3*1-2;/h2*3-12H,2,13H2,1H3;3*1H2;. The maximum atomic E-state index is 8.00. The van der Waals surface area contributed by atoms with Gasteiger partial charge >= 0.3 is 0 Å². The number of benzene rings is 4. The van der Waals surface area contributed by atoms with E-state index in [1.807, 2.05) is 20.4 Å². The summed E-state index contributed by atoms with van der Waals surface area (Å²) in [5.74, 6) is 0. The van der Waals surface area contributed by atoms with Crippen molar-refractivity contribution in [3.8, 4) is 0 Å². The first-order chi connectivity index (χ1) is 18.8. The number of carbonyl (C=O) groups is 3. The van der Waals surface area contributed by atoms with Crippen LogP contribution in [0.1, 0.15) is 26.7 Å². The van der Waals surface area contributed by atoms with Gasteiger partial charge in [0.05, 0.1) is 0 Å². The second kappa shape index (κ2) is 27.0. The normalized spacial score (nSPS) is 9.03. The van der Waals surface area contributed by atoms with E-state index in [1.165, 1.54) is 46.4 Å². The first kappa shape index (κ1) is 38.5. The van der Waals surface area contributed by atoms with Gasteiger partial charge in [-0.15, -0.1) is 0 Å². The Labute approximate surface area is 250 Å². The maximum Gasteiger partial charge on any atom is 0.106 e. The molecule has 4 rings (SSSR count). The third-order valence-electron chi connectivity index (χ3n) is 5.17. The van der Waals surface area contributed by atoms with E-state index in [9.17, 15) is 0 Å². The average Bonchev–Trinajstić information content (AvgIpc) is 3.03. The molecule has 3 nitrogen and oxygen atoms in total. The third-order valence-corrected chi connectivity index (χ3v) is 10.6. The Kier molecular flexibility index (Phi) is 26.6. The summed E-state index contributed by atoms with van der Waals surface area (Å²) < 4.78 is 0. The van der Waals surface area contributed by atoms with Gasteiger partial charge in [-0.3, -0.25) is 0 Å². The molecule has 0 atom stereocenters. The largest absolute Gasteiger partial charge is 0.307 e.